The number of aliphatic hydroxyl groups excluding tert-OH is 7. The summed E-state index contributed by atoms with van der Waals surface area (Å²) < 4.78 is 38.3. The van der Waals surface area contributed by atoms with Gasteiger partial charge in [0, 0.05) is 100 Å². The minimum absolute atomic E-state index is 0. The third-order valence-corrected chi connectivity index (χ3v) is 36.4. The number of amides is 6. The number of alkyl halides is 2. The van der Waals surface area contributed by atoms with Crippen molar-refractivity contribution < 1.29 is 112 Å². The number of carbonyl (C=O) groups is 12. The fourth-order valence-corrected chi connectivity index (χ4v) is 26.1. The van der Waals surface area contributed by atoms with E-state index < -0.39 is 65.8 Å². The number of nitrogens with one attached hydrogen (secondary N) is 1. The Labute approximate surface area is 875 Å². The third kappa shape index (κ3) is 27.9. The van der Waals surface area contributed by atoms with Crippen LogP contribution >= 0.6 is 0 Å². The largest absolute Gasteiger partial charge is 0.393 e. The number of ether oxygens (including phenoxy) is 2. The van der Waals surface area contributed by atoms with Crippen LogP contribution in [0.5, 0.6) is 0 Å². The molecule has 5 aliphatic heterocycles. The number of nitrogens with two attached hydrogens (primary N) is 1. The van der Waals surface area contributed by atoms with E-state index in [0.717, 1.165) is 219 Å². The Hall–Kier alpha value is -8.82. The van der Waals surface area contributed by atoms with Gasteiger partial charge < -0.3 is 80.8 Å². The van der Waals surface area contributed by atoms with Crippen LogP contribution < -0.4 is 11.1 Å². The highest BCUT2D eigenvalue weighted by molar-refractivity contribution is 5.98. The number of likely N-dealkylation sites (tertiary alicyclic amines) is 5. The smallest absolute Gasteiger partial charge is 0.248 e. The van der Waals surface area contributed by atoms with Crippen LogP contribution in [0.3, 0.4) is 0 Å². The van der Waals surface area contributed by atoms with Gasteiger partial charge in [-0.15, -0.1) is 0 Å². The number of halogens is 2. The van der Waals surface area contributed by atoms with Gasteiger partial charge in [0.15, 0.2) is 17.3 Å². The van der Waals surface area contributed by atoms with Gasteiger partial charge >= 0.3 is 0 Å². The van der Waals surface area contributed by atoms with E-state index in [-0.39, 0.29) is 130 Å². The van der Waals surface area contributed by atoms with Crippen molar-refractivity contribution in [3.63, 3.8) is 0 Å². The number of hydrogen-bond donors (Lipinski definition) is 9. The summed E-state index contributed by atoms with van der Waals surface area (Å²) in [5, 5.41) is 69.7. The Bertz CT molecular complexity index is 5070. The first-order valence-corrected chi connectivity index (χ1v) is 54.9. The quantitative estimate of drug-likeness (QED) is 0.0311. The van der Waals surface area contributed by atoms with Gasteiger partial charge in [0.25, 0.3) is 0 Å². The van der Waals surface area contributed by atoms with Crippen LogP contribution in [0.1, 0.15) is 340 Å². The number of primary amides is 1. The van der Waals surface area contributed by atoms with E-state index in [1.165, 1.54) is 77.8 Å². The first-order chi connectivity index (χ1) is 69.6. The molecule has 6 amide bonds. The summed E-state index contributed by atoms with van der Waals surface area (Å²) in [5.74, 6) is -1.29. The summed E-state index contributed by atoms with van der Waals surface area (Å²) >= 11 is 0. The molecule has 818 valence electrons. The summed E-state index contributed by atoms with van der Waals surface area (Å²) in [6.07, 6.45) is 27.3. The zero-order chi connectivity index (χ0) is 107. The van der Waals surface area contributed by atoms with Gasteiger partial charge in [-0.2, -0.15) is 0 Å². The number of ketones is 6. The summed E-state index contributed by atoms with van der Waals surface area (Å²) in [5.41, 5.74) is 11.2. The maximum atomic E-state index is 13.1. The lowest BCUT2D eigenvalue weighted by Crippen LogP contribution is -2.68. The normalized spacial score (nSPS) is 25.1. The van der Waals surface area contributed by atoms with Crippen molar-refractivity contribution in [3.8, 4) is 0 Å². The van der Waals surface area contributed by atoms with Crippen molar-refractivity contribution in [1.29, 1.82) is 0 Å². The monoisotopic (exact) mass is 2060 g/mol. The number of benzene rings is 4. The van der Waals surface area contributed by atoms with E-state index in [1.807, 2.05) is 46.2 Å². The predicted molar refractivity (Wildman–Crippen MR) is 557 cm³/mol. The second-order valence-electron chi connectivity index (χ2n) is 47.3. The van der Waals surface area contributed by atoms with Gasteiger partial charge in [0.05, 0.1) is 95.2 Å². The predicted octanol–water partition coefficient (Wildman–Crippen LogP) is 15.1. The first-order valence-electron chi connectivity index (χ1n) is 54.9. The Morgan fingerprint density at radius 3 is 0.905 bits per heavy atom. The fraction of sp³-hybridized carbons (Fsp3) is 0.695. The van der Waals surface area contributed by atoms with E-state index in [2.05, 4.69) is 98.9 Å². The molecular formula is C118H171F2N7O21. The maximum absolute atomic E-state index is 13.1. The Balaban J connectivity index is 0.000000151. The van der Waals surface area contributed by atoms with Gasteiger partial charge in [-0.1, -0.05) is 135 Å². The number of Topliss-reactive ketones (excluding diaryl/α,β-unsaturated/α-hetero) is 6. The molecule has 8 atom stereocenters. The van der Waals surface area contributed by atoms with Crippen molar-refractivity contribution in [2.45, 2.75) is 438 Å². The lowest BCUT2D eigenvalue weighted by Gasteiger charge is -2.54. The molecule has 11 aliphatic carbocycles. The lowest BCUT2D eigenvalue weighted by atomic mass is 9.59. The molecule has 5 heterocycles. The molecule has 28 nitrogen and oxygen atoms in total. The molecule has 148 heavy (non-hydrogen) atoms. The maximum Gasteiger partial charge on any atom is 0.248 e. The molecule has 4 aromatic carbocycles. The van der Waals surface area contributed by atoms with Gasteiger partial charge in [-0.05, 0) is 302 Å². The number of β-lactam (4-membered cyclic amide) rings is 5. The molecule has 20 rings (SSSR count). The van der Waals surface area contributed by atoms with Gasteiger partial charge in [0.2, 0.25) is 41.4 Å². The van der Waals surface area contributed by atoms with Crippen LogP contribution in [0.2, 0.25) is 0 Å². The third-order valence-electron chi connectivity index (χ3n) is 36.4. The Kier molecular flexibility index (Phi) is 40.1. The lowest BCUT2D eigenvalue weighted by molar-refractivity contribution is -0.182. The van der Waals surface area contributed by atoms with Crippen molar-refractivity contribution in [2.24, 2.45) is 55.0 Å². The van der Waals surface area contributed by atoms with E-state index in [9.17, 15) is 102 Å². The number of nitrogens with zero attached hydrogens (tertiary/aromatic N) is 5. The number of carbonyl (C=O) groups excluding carboxylic acids is 12. The van der Waals surface area contributed by atoms with Crippen LogP contribution in [-0.4, -0.2) is 254 Å². The SMILES string of the molecule is C.CC(=O)C([C@@H](C)O)N1CC2(CCC(C)CC2)C1=O.CC(=O)C([C@@H](C)O)N1CC2(CCC(F)(F)CC2)C1=O.CC(=O)C([C@@H](C)O)N1CC2(CCC(O)CC2)C1=O.C[C@@H](O)[C@H](NC1CCC2(CCC2=O)CC1)C(N)=O.Cc1ccc(CN2CC3(CCC(O)CC3)C2=O)cc1.Cc1ccc(CN2CC3(CCC(OCc4ccccc4)CC3)C2=O)cc1.O=C1CCC12CCC(O)CC2.O=C1CCC12CCC(OCc1ccccc1)CC2. The number of rotatable bonds is 23. The second kappa shape index (κ2) is 50.4. The van der Waals surface area contributed by atoms with E-state index >= 15 is 0 Å². The number of hydrogen-bond acceptors (Lipinski definition) is 22. The second-order valence-corrected chi connectivity index (χ2v) is 47.3. The number of aryl methyl sites for hydroxylation is 2. The highest BCUT2D eigenvalue weighted by Gasteiger charge is 2.62. The standard InChI is InChI=1S/C23H27NO2.C16H21NO2.C16H20O2.C14H23NO3.C13H19F2NO3.C13H22N2O3.C13H21NO4.C9H14O2.CH4/c1-18-7-9-19(10-8-18)15-24-17-23(22(24)25)13-11-21(12-14-23)26-16-20-5-3-2-4-6-20;1-12-2-4-13(5-3-12)10-17-11-16(15(17)19)8-6-14(18)7-9-16;17-15-8-11-16(15)9-6-14(7-10-16)18-12-13-4-2-1-3-5-13;1-9-4-6-14(7-5-9)8-15(13(14)18)12(10(2)16)11(3)17;1-8(17)10(9(2)18)16-7-12(11(16)19)3-5-13(14,15)6-4-12;1-8(16)11(12(14)18)15-9-2-5-13(6-3-9)7-4-10(13)17;1-8(15)11(9(2)16)14-7-13(12(14)18)5-3-10(17)4-6-13;10-7-1-4-9(5-2-7)6-3-8(9)11;/h2-10,21H,11-17H2,1H3;2-5,14,18H,6-11H2,1H3;1-5,14H,6-12H2;9-10,12,16H,4-8H2,1-3H3;8,10,17H,3-7H2,1-2H3;8-9,11,15-16H,2-7H2,1H3,(H2,14,18);8,10-11,15,17H,3-7H2,1-2H3;7,10H,1-6H2;1H4/t;;;9?,10-,12?,14?;8-,10?;8-,9?,11+,13?;8-,10?,11?,13?;;/m...1111../s1. The molecule has 0 aromatic heterocycles. The minimum Gasteiger partial charge on any atom is -0.393 e. The Morgan fingerprint density at radius 2 is 0.642 bits per heavy atom. The van der Waals surface area contributed by atoms with Crippen LogP contribution in [0.4, 0.5) is 8.78 Å². The highest BCUT2D eigenvalue weighted by atomic mass is 19.3. The highest BCUT2D eigenvalue weighted by Crippen LogP contribution is 2.56. The molecule has 5 saturated heterocycles. The van der Waals surface area contributed by atoms with Crippen LogP contribution in [0, 0.1) is 63.1 Å². The molecule has 4 aromatic rings. The van der Waals surface area contributed by atoms with Crippen molar-refractivity contribution in [1.82, 2.24) is 29.8 Å². The van der Waals surface area contributed by atoms with Gasteiger partial charge in [-0.3, -0.25) is 57.5 Å². The summed E-state index contributed by atoms with van der Waals surface area (Å²) in [6.45, 7) is 22.8. The van der Waals surface area contributed by atoms with Crippen molar-refractivity contribution in [2.75, 3.05) is 32.7 Å². The molecule has 16 fully saturated rings. The molecule has 16 aliphatic rings. The van der Waals surface area contributed by atoms with Crippen LogP contribution in [-0.2, 0) is 93.3 Å². The van der Waals surface area contributed by atoms with E-state index in [1.54, 1.807) is 18.7 Å². The van der Waals surface area contributed by atoms with Crippen LogP contribution in [0.25, 0.3) is 0 Å². The zero-order valence-electron chi connectivity index (χ0n) is 88.7. The molecule has 3 unspecified atom stereocenters. The molecule has 11 saturated carbocycles. The zero-order valence-corrected chi connectivity index (χ0v) is 88.7. The topological polar surface area (TPSA) is 419 Å². The van der Waals surface area contributed by atoms with Gasteiger partial charge in [0.1, 0.15) is 41.5 Å². The summed E-state index contributed by atoms with van der Waals surface area (Å²) in [4.78, 5) is 151. The Morgan fingerprint density at radius 1 is 0.365 bits per heavy atom. The summed E-state index contributed by atoms with van der Waals surface area (Å²) in [7, 11) is 0. The molecule has 30 heteroatoms. The fourth-order valence-electron chi connectivity index (χ4n) is 26.1. The van der Waals surface area contributed by atoms with Crippen LogP contribution in [0.15, 0.2) is 109 Å². The first kappa shape index (κ1) is 118. The van der Waals surface area contributed by atoms with Crippen molar-refractivity contribution >= 4 is 70.1 Å². The minimum atomic E-state index is -2.67. The van der Waals surface area contributed by atoms with E-state index in [0.29, 0.717) is 106 Å². The molecule has 0 bridgehead atoms. The average Bonchev–Trinajstić information content (AvgIpc) is 0.747. The average molecular weight is 2060 g/mol. The van der Waals surface area contributed by atoms with Gasteiger partial charge in [-0.25, -0.2) is 8.78 Å². The molecule has 10 N–H and O–H groups in total. The summed E-state index contributed by atoms with van der Waals surface area (Å²) in [6, 6.07) is 34.8. The molecule has 8 spiro atoms. The number of aliphatic hydroxyl groups is 7. The van der Waals surface area contributed by atoms with E-state index in [4.69, 9.17) is 15.2 Å². The molecule has 0 radical (unpaired) electrons. The molecular weight excluding hydrogens is 1890 g/mol. The van der Waals surface area contributed by atoms with Crippen molar-refractivity contribution in [3.05, 3.63) is 143 Å².